The summed E-state index contributed by atoms with van der Waals surface area (Å²) in [6.45, 7) is 0.406. The molecule has 0 unspecified atom stereocenters. The lowest BCUT2D eigenvalue weighted by Crippen LogP contribution is -2.36. The predicted octanol–water partition coefficient (Wildman–Crippen LogP) is 6.05. The van der Waals surface area contributed by atoms with Crippen LogP contribution in [0.1, 0.15) is 36.7 Å². The van der Waals surface area contributed by atoms with E-state index in [1.54, 1.807) is 28.4 Å². The van der Waals surface area contributed by atoms with E-state index in [1.807, 2.05) is 78.9 Å². The molecule has 1 aliphatic rings. The van der Waals surface area contributed by atoms with Crippen LogP contribution in [0.4, 0.5) is 0 Å². The highest BCUT2D eigenvalue weighted by Gasteiger charge is 2.30. The molecule has 3 aromatic carbocycles. The normalized spacial score (nSPS) is 13.0. The molecule has 5 rings (SSSR count). The van der Waals surface area contributed by atoms with Crippen LogP contribution in [0.25, 0.3) is 5.57 Å². The summed E-state index contributed by atoms with van der Waals surface area (Å²) in [5.41, 5.74) is 10.8. The lowest BCUT2D eigenvalue weighted by Gasteiger charge is -2.30. The molecule has 0 radical (unpaired) electrons. The number of hydrogen-bond acceptors (Lipinski definition) is 5. The Kier molecular flexibility index (Phi) is 6.34. The third-order valence-electron chi connectivity index (χ3n) is 5.67. The summed E-state index contributed by atoms with van der Waals surface area (Å²) in [4.78, 5) is 28.7. The van der Waals surface area contributed by atoms with Gasteiger partial charge in [0.1, 0.15) is 5.82 Å². The van der Waals surface area contributed by atoms with Crippen molar-refractivity contribution in [2.24, 2.45) is 5.73 Å². The van der Waals surface area contributed by atoms with Gasteiger partial charge in [0.15, 0.2) is 5.78 Å². The maximum Gasteiger partial charge on any atom is 0.259 e. The molecule has 0 spiro atoms. The number of amides is 1. The Morgan fingerprint density at radius 3 is 2.09 bits per heavy atom. The summed E-state index contributed by atoms with van der Waals surface area (Å²) >= 11 is 3.14. The zero-order valence-corrected chi connectivity index (χ0v) is 19.9. The topological polar surface area (TPSA) is 63.4 Å². The molecule has 6 heteroatoms. The first kappa shape index (κ1) is 22.2. The van der Waals surface area contributed by atoms with E-state index >= 15 is 0 Å². The molecular formula is C28H22N2O2S2. The molecule has 4 nitrogen and oxygen atoms in total. The fourth-order valence-electron chi connectivity index (χ4n) is 3.98. The van der Waals surface area contributed by atoms with Gasteiger partial charge in [-0.15, -0.1) is 23.1 Å². The van der Waals surface area contributed by atoms with Crippen molar-refractivity contribution in [3.05, 3.63) is 130 Å². The molecule has 0 saturated heterocycles. The van der Waals surface area contributed by atoms with Gasteiger partial charge in [0, 0.05) is 27.1 Å². The molecule has 34 heavy (non-hydrogen) atoms. The van der Waals surface area contributed by atoms with E-state index in [9.17, 15) is 9.59 Å². The minimum atomic E-state index is -0.126. The Morgan fingerprint density at radius 1 is 0.853 bits per heavy atom. The molecule has 0 aliphatic carbocycles. The third kappa shape index (κ3) is 4.42. The number of nitrogens with zero attached hydrogens (tertiary/aromatic N) is 1. The molecule has 0 saturated carbocycles. The van der Waals surface area contributed by atoms with Gasteiger partial charge >= 0.3 is 0 Å². The van der Waals surface area contributed by atoms with Gasteiger partial charge in [-0.25, -0.2) is 0 Å². The van der Waals surface area contributed by atoms with Crippen molar-refractivity contribution in [1.82, 2.24) is 4.90 Å². The van der Waals surface area contributed by atoms with Crippen molar-refractivity contribution < 1.29 is 9.59 Å². The molecule has 0 fully saturated rings. The molecule has 0 atom stereocenters. The number of carbonyl (C=O) groups excluding carboxylic acids is 2. The van der Waals surface area contributed by atoms with E-state index in [0.29, 0.717) is 29.2 Å². The van der Waals surface area contributed by atoms with Gasteiger partial charge in [0.05, 0.1) is 16.5 Å². The van der Waals surface area contributed by atoms with E-state index in [0.717, 1.165) is 25.8 Å². The van der Waals surface area contributed by atoms with Crippen LogP contribution < -0.4 is 5.73 Å². The number of thioether (sulfide) groups is 1. The molecular weight excluding hydrogens is 460 g/mol. The summed E-state index contributed by atoms with van der Waals surface area (Å²) in [7, 11) is 0. The Hall–Kier alpha value is -3.61. The van der Waals surface area contributed by atoms with Crippen LogP contribution in [0.5, 0.6) is 0 Å². The van der Waals surface area contributed by atoms with Crippen LogP contribution in [0.3, 0.4) is 0 Å². The fraction of sp³-hybridized carbons (Fsp3) is 0.0714. The summed E-state index contributed by atoms with van der Waals surface area (Å²) in [5.74, 6) is 0.771. The molecule has 168 valence electrons. The number of hydrogen-bond donors (Lipinski definition) is 1. The number of rotatable bonds is 6. The van der Waals surface area contributed by atoms with Crippen molar-refractivity contribution in [3.63, 3.8) is 0 Å². The van der Waals surface area contributed by atoms with E-state index in [2.05, 4.69) is 6.07 Å². The summed E-state index contributed by atoms with van der Waals surface area (Å²) in [5, 5.41) is 0. The fourth-order valence-corrected chi connectivity index (χ4v) is 6.22. The van der Waals surface area contributed by atoms with Gasteiger partial charge < -0.3 is 5.73 Å². The van der Waals surface area contributed by atoms with Crippen molar-refractivity contribution in [1.29, 1.82) is 0 Å². The van der Waals surface area contributed by atoms with Crippen LogP contribution in [0.15, 0.2) is 107 Å². The van der Waals surface area contributed by atoms with Crippen molar-refractivity contribution in [2.75, 3.05) is 5.75 Å². The second-order valence-corrected chi connectivity index (χ2v) is 10.3. The highest BCUT2D eigenvalue weighted by Crippen LogP contribution is 2.42. The first-order valence-corrected chi connectivity index (χ1v) is 12.7. The zero-order chi connectivity index (χ0) is 23.5. The number of benzene rings is 3. The lowest BCUT2D eigenvalue weighted by molar-refractivity contribution is 0.0794. The number of fused-ring (bicyclic) bond motifs is 1. The third-order valence-corrected chi connectivity index (χ3v) is 8.00. The molecule has 4 aromatic rings. The van der Waals surface area contributed by atoms with Crippen LogP contribution in [-0.4, -0.2) is 22.3 Å². The predicted molar refractivity (Wildman–Crippen MR) is 139 cm³/mol. The molecule has 1 aromatic heterocycles. The first-order chi connectivity index (χ1) is 16.6. The largest absolute Gasteiger partial charge is 0.384 e. The number of Topliss-reactive ketones (excluding diaryl/α,β-unsaturated/α-hetero) is 1. The average Bonchev–Trinajstić information content (AvgIpc) is 3.30. The zero-order valence-electron chi connectivity index (χ0n) is 18.3. The van der Waals surface area contributed by atoms with E-state index in [1.165, 1.54) is 11.8 Å². The minimum Gasteiger partial charge on any atom is -0.384 e. The summed E-state index contributed by atoms with van der Waals surface area (Å²) < 4.78 is 1.03. The lowest BCUT2D eigenvalue weighted by atomic mass is 9.95. The number of ketones is 1. The molecule has 1 amide bonds. The molecule has 0 bridgehead atoms. The highest BCUT2D eigenvalue weighted by molar-refractivity contribution is 8.01. The van der Waals surface area contributed by atoms with Crippen molar-refractivity contribution in [2.45, 2.75) is 10.8 Å². The summed E-state index contributed by atoms with van der Waals surface area (Å²) in [6.07, 6.45) is 0. The quantitative estimate of drug-likeness (QED) is 0.268. The molecule has 2 N–H and O–H groups in total. The maximum atomic E-state index is 13.3. The van der Waals surface area contributed by atoms with Gasteiger partial charge in [0.25, 0.3) is 5.91 Å². The summed E-state index contributed by atoms with van der Waals surface area (Å²) in [6, 6.07) is 30.5. The smallest absolute Gasteiger partial charge is 0.259 e. The first-order valence-electron chi connectivity index (χ1n) is 10.9. The van der Waals surface area contributed by atoms with E-state index < -0.39 is 0 Å². The Labute approximate surface area is 206 Å². The number of carbonyl (C=O) groups is 2. The van der Waals surface area contributed by atoms with Gasteiger partial charge in [-0.3, -0.25) is 14.5 Å². The number of thiophene rings is 1. The van der Waals surface area contributed by atoms with Crippen molar-refractivity contribution >= 4 is 40.4 Å². The monoisotopic (exact) mass is 482 g/mol. The van der Waals surface area contributed by atoms with Crippen molar-refractivity contribution in [3.8, 4) is 0 Å². The van der Waals surface area contributed by atoms with Crippen LogP contribution in [0, 0.1) is 0 Å². The Morgan fingerprint density at radius 2 is 1.44 bits per heavy atom. The Balaban J connectivity index is 1.48. The molecule has 2 heterocycles. The van der Waals surface area contributed by atoms with Gasteiger partial charge in [-0.05, 0) is 23.8 Å². The van der Waals surface area contributed by atoms with Crippen LogP contribution in [-0.2, 0) is 6.54 Å². The second kappa shape index (κ2) is 9.71. The SMILES string of the molecule is NC1=C(c2ccccc2)c2cc(SCC(=O)c3ccccc3)sc2CN1C(=O)c1ccccc1. The maximum absolute atomic E-state index is 13.3. The van der Waals surface area contributed by atoms with Gasteiger partial charge in [-0.1, -0.05) is 78.9 Å². The standard InChI is InChI=1S/C28H22N2O2S2/c29-27-26(20-12-6-2-7-13-20)22-16-25(33-18-23(31)19-10-4-1-5-11-19)34-24(22)17-30(27)28(32)21-14-8-3-9-15-21/h1-16H,17-18,29H2. The highest BCUT2D eigenvalue weighted by atomic mass is 32.2. The van der Waals surface area contributed by atoms with Gasteiger partial charge in [-0.2, -0.15) is 0 Å². The molecule has 1 aliphatic heterocycles. The second-order valence-electron chi connectivity index (χ2n) is 7.86. The Bertz CT molecular complexity index is 1360. The van der Waals surface area contributed by atoms with E-state index in [-0.39, 0.29) is 11.7 Å². The van der Waals surface area contributed by atoms with E-state index in [4.69, 9.17) is 5.73 Å². The van der Waals surface area contributed by atoms with Crippen LogP contribution >= 0.6 is 23.1 Å². The number of nitrogens with two attached hydrogens (primary N) is 1. The minimum absolute atomic E-state index is 0.0937. The van der Waals surface area contributed by atoms with Crippen LogP contribution in [0.2, 0.25) is 0 Å². The average molecular weight is 483 g/mol. The van der Waals surface area contributed by atoms with Gasteiger partial charge in [0.2, 0.25) is 0 Å².